The fourth-order valence-electron chi connectivity index (χ4n) is 7.58. The maximum atomic E-state index is 14.0. The van der Waals surface area contributed by atoms with Crippen molar-refractivity contribution in [1.82, 2.24) is 0 Å². The number of hydrogen-bond acceptors (Lipinski definition) is 0. The van der Waals surface area contributed by atoms with Gasteiger partial charge < -0.3 is 0 Å². The van der Waals surface area contributed by atoms with E-state index in [0.717, 1.165) is 30.6 Å². The van der Waals surface area contributed by atoms with Crippen molar-refractivity contribution in [2.45, 2.75) is 85.2 Å². The van der Waals surface area contributed by atoms with Crippen LogP contribution in [0.2, 0.25) is 0 Å². The number of fused-ring (bicyclic) bond motifs is 5. The van der Waals surface area contributed by atoms with Crippen molar-refractivity contribution in [3.63, 3.8) is 0 Å². The Balaban J connectivity index is 1.69. The Morgan fingerprint density at radius 2 is 1.79 bits per heavy atom. The predicted octanol–water partition coefficient (Wildman–Crippen LogP) is 6.87. The Hall–Kier alpha value is -0.590. The number of rotatable bonds is 1. The van der Waals surface area contributed by atoms with Gasteiger partial charge in [0.2, 0.25) is 0 Å². The summed E-state index contributed by atoms with van der Waals surface area (Å²) >= 11 is 0. The molecular formula is C23H35F. The van der Waals surface area contributed by atoms with Gasteiger partial charge in [0.25, 0.3) is 0 Å². The van der Waals surface area contributed by atoms with Crippen LogP contribution in [0.3, 0.4) is 0 Å². The van der Waals surface area contributed by atoms with Gasteiger partial charge in [0.15, 0.2) is 0 Å². The molecule has 0 bridgehead atoms. The molecule has 0 aromatic heterocycles. The lowest BCUT2D eigenvalue weighted by Gasteiger charge is -2.59. The van der Waals surface area contributed by atoms with E-state index in [-0.39, 0.29) is 5.41 Å². The summed E-state index contributed by atoms with van der Waals surface area (Å²) in [6, 6.07) is 0. The number of hydrogen-bond donors (Lipinski definition) is 0. The summed E-state index contributed by atoms with van der Waals surface area (Å²) in [6.07, 6.45) is 11.0. The van der Waals surface area contributed by atoms with E-state index in [1.807, 2.05) is 0 Å². The summed E-state index contributed by atoms with van der Waals surface area (Å²) in [5.74, 6) is 2.43. The molecule has 0 aromatic rings. The van der Waals surface area contributed by atoms with Crippen LogP contribution in [0.4, 0.5) is 4.39 Å². The number of allylic oxidation sites excluding steroid dienone is 3. The van der Waals surface area contributed by atoms with E-state index in [1.165, 1.54) is 43.3 Å². The van der Waals surface area contributed by atoms with Gasteiger partial charge in [-0.2, -0.15) is 0 Å². The predicted molar refractivity (Wildman–Crippen MR) is 99.5 cm³/mol. The van der Waals surface area contributed by atoms with Gasteiger partial charge in [-0.05, 0) is 85.9 Å². The summed E-state index contributed by atoms with van der Waals surface area (Å²) in [5, 5.41) is 0. The maximum absolute atomic E-state index is 14.0. The third-order valence-electron chi connectivity index (χ3n) is 9.59. The van der Waals surface area contributed by atoms with Crippen LogP contribution in [0, 0.1) is 34.0 Å². The van der Waals surface area contributed by atoms with Crippen LogP contribution in [-0.4, -0.2) is 6.17 Å². The van der Waals surface area contributed by atoms with Crippen LogP contribution in [0.25, 0.3) is 0 Å². The number of halogens is 1. The lowest BCUT2D eigenvalue weighted by atomic mass is 9.45. The Bertz CT molecular complexity index is 589. The van der Waals surface area contributed by atoms with E-state index in [9.17, 15) is 4.39 Å². The van der Waals surface area contributed by atoms with Gasteiger partial charge in [-0.15, -0.1) is 0 Å². The normalized spacial score (nSPS) is 53.6. The zero-order valence-corrected chi connectivity index (χ0v) is 16.1. The highest BCUT2D eigenvalue weighted by molar-refractivity contribution is 5.27. The quantitative estimate of drug-likeness (QED) is 0.460. The van der Waals surface area contributed by atoms with E-state index >= 15 is 0 Å². The van der Waals surface area contributed by atoms with Crippen molar-refractivity contribution in [1.29, 1.82) is 0 Å². The maximum Gasteiger partial charge on any atom is 0.104 e. The SMILES string of the molecule is C=C(C)[C@@]1(C)CCC2C3CC=C4CC(F)CCC4(C)C3CCC21C. The molecule has 6 unspecified atom stereocenters. The first kappa shape index (κ1) is 16.9. The van der Waals surface area contributed by atoms with Crippen molar-refractivity contribution in [3.05, 3.63) is 23.8 Å². The fourth-order valence-corrected chi connectivity index (χ4v) is 7.58. The molecule has 0 amide bonds. The highest BCUT2D eigenvalue weighted by Gasteiger charge is 2.62. The summed E-state index contributed by atoms with van der Waals surface area (Å²) in [5.41, 5.74) is 3.87. The minimum Gasteiger partial charge on any atom is -0.247 e. The average molecular weight is 331 g/mol. The molecule has 3 fully saturated rings. The molecule has 4 aliphatic rings. The zero-order valence-electron chi connectivity index (χ0n) is 16.1. The van der Waals surface area contributed by atoms with Crippen LogP contribution in [0.1, 0.15) is 79.1 Å². The standard InChI is InChI=1S/C23H35F/c1-15(2)22(4)12-10-20-18-7-6-16-14-17(24)8-11-21(16,3)19(18)9-13-23(20,22)5/h6,17-20H,1,7-14H2,2-5H3/t17?,18?,19?,20?,21?,22-,23?/m1/s1. The Morgan fingerprint density at radius 1 is 1.08 bits per heavy atom. The molecule has 0 saturated heterocycles. The third kappa shape index (κ3) is 1.96. The van der Waals surface area contributed by atoms with Crippen molar-refractivity contribution < 1.29 is 4.39 Å². The second-order valence-corrected chi connectivity index (χ2v) is 10.2. The van der Waals surface area contributed by atoms with Crippen molar-refractivity contribution in [2.24, 2.45) is 34.0 Å². The van der Waals surface area contributed by atoms with Crippen LogP contribution in [0.15, 0.2) is 23.8 Å². The summed E-state index contributed by atoms with van der Waals surface area (Å²) in [7, 11) is 0. The van der Waals surface area contributed by atoms with E-state index in [2.05, 4.69) is 40.3 Å². The monoisotopic (exact) mass is 330 g/mol. The van der Waals surface area contributed by atoms with Gasteiger partial charge in [-0.3, -0.25) is 0 Å². The van der Waals surface area contributed by atoms with Crippen molar-refractivity contribution in [3.8, 4) is 0 Å². The van der Waals surface area contributed by atoms with Crippen molar-refractivity contribution >= 4 is 0 Å². The minimum atomic E-state index is -0.590. The highest BCUT2D eigenvalue weighted by atomic mass is 19.1. The fraction of sp³-hybridized carbons (Fsp3) is 0.826. The lowest BCUT2D eigenvalue weighted by Crippen LogP contribution is -2.52. The first-order valence-corrected chi connectivity index (χ1v) is 10.2. The van der Waals surface area contributed by atoms with Crippen LogP contribution < -0.4 is 0 Å². The second-order valence-electron chi connectivity index (χ2n) is 10.2. The molecule has 0 aliphatic heterocycles. The molecule has 0 aromatic carbocycles. The molecule has 0 spiro atoms. The minimum absolute atomic E-state index is 0.287. The molecule has 4 rings (SSSR count). The van der Waals surface area contributed by atoms with E-state index in [1.54, 1.807) is 0 Å². The average Bonchev–Trinajstić information content (AvgIpc) is 2.81. The van der Waals surface area contributed by atoms with Gasteiger partial charge in [0.05, 0.1) is 0 Å². The largest absolute Gasteiger partial charge is 0.247 e. The molecule has 3 saturated carbocycles. The molecule has 0 radical (unpaired) electrons. The topological polar surface area (TPSA) is 0 Å². The molecule has 134 valence electrons. The van der Waals surface area contributed by atoms with Gasteiger partial charge in [0, 0.05) is 6.42 Å². The van der Waals surface area contributed by atoms with E-state index < -0.39 is 6.17 Å². The smallest absolute Gasteiger partial charge is 0.104 e. The summed E-state index contributed by atoms with van der Waals surface area (Å²) < 4.78 is 14.0. The van der Waals surface area contributed by atoms with Gasteiger partial charge in [-0.25, -0.2) is 4.39 Å². The Kier molecular flexibility index (Phi) is 3.66. The first-order valence-electron chi connectivity index (χ1n) is 10.2. The Morgan fingerprint density at radius 3 is 2.50 bits per heavy atom. The molecule has 7 atom stereocenters. The summed E-state index contributed by atoms with van der Waals surface area (Å²) in [6.45, 7) is 14.2. The highest BCUT2D eigenvalue weighted by Crippen LogP contribution is 2.70. The molecule has 24 heavy (non-hydrogen) atoms. The molecule has 0 heterocycles. The van der Waals surface area contributed by atoms with Crippen molar-refractivity contribution in [2.75, 3.05) is 0 Å². The van der Waals surface area contributed by atoms with E-state index in [4.69, 9.17) is 0 Å². The second kappa shape index (κ2) is 5.21. The van der Waals surface area contributed by atoms with Gasteiger partial charge >= 0.3 is 0 Å². The molecule has 1 heteroatoms. The summed E-state index contributed by atoms with van der Waals surface area (Å²) in [4.78, 5) is 0. The number of alkyl halides is 1. The third-order valence-corrected chi connectivity index (χ3v) is 9.59. The molecule has 0 N–H and O–H groups in total. The lowest BCUT2D eigenvalue weighted by molar-refractivity contribution is -0.0601. The van der Waals surface area contributed by atoms with Crippen LogP contribution in [-0.2, 0) is 0 Å². The molecule has 0 nitrogen and oxygen atoms in total. The Labute approximate surface area is 148 Å². The molecule has 4 aliphatic carbocycles. The van der Waals surface area contributed by atoms with E-state index in [0.29, 0.717) is 17.3 Å². The van der Waals surface area contributed by atoms with Crippen LogP contribution in [0.5, 0.6) is 0 Å². The zero-order chi connectivity index (χ0) is 17.3. The van der Waals surface area contributed by atoms with Gasteiger partial charge in [0.1, 0.15) is 6.17 Å². The molecular weight excluding hydrogens is 295 g/mol. The van der Waals surface area contributed by atoms with Crippen LogP contribution >= 0.6 is 0 Å². The van der Waals surface area contributed by atoms with Gasteiger partial charge in [-0.1, -0.05) is 44.6 Å². The first-order chi connectivity index (χ1) is 11.2.